The van der Waals surface area contributed by atoms with Gasteiger partial charge in [0.25, 0.3) is 0 Å². The van der Waals surface area contributed by atoms with E-state index in [9.17, 15) is 4.79 Å². The summed E-state index contributed by atoms with van der Waals surface area (Å²) in [5.74, 6) is -0.816. The highest BCUT2D eigenvalue weighted by Crippen LogP contribution is 2.44. The quantitative estimate of drug-likeness (QED) is 0.354. The molecule has 1 atom stereocenters. The molecule has 2 aromatic carbocycles. The van der Waals surface area contributed by atoms with Gasteiger partial charge in [-0.15, -0.1) is 0 Å². The summed E-state index contributed by atoms with van der Waals surface area (Å²) in [6, 6.07) is 15.5. The Balaban J connectivity index is 1.71. The summed E-state index contributed by atoms with van der Waals surface area (Å²) in [5.41, 5.74) is 2.32. The lowest BCUT2D eigenvalue weighted by Gasteiger charge is -2.27. The van der Waals surface area contributed by atoms with Crippen LogP contribution in [0, 0.1) is 0 Å². The molecule has 1 aliphatic rings. The summed E-state index contributed by atoms with van der Waals surface area (Å²) in [6.45, 7) is 2.62. The molecule has 3 rings (SSSR count). The van der Waals surface area contributed by atoms with E-state index in [1.807, 2.05) is 48.5 Å². The molecule has 1 heterocycles. The number of carbonyl (C=O) groups excluding carboxylic acids is 1. The van der Waals surface area contributed by atoms with Gasteiger partial charge < -0.3 is 14.2 Å². The van der Waals surface area contributed by atoms with Gasteiger partial charge in [0.15, 0.2) is 0 Å². The minimum Gasteiger partial charge on any atom is -0.488 e. The molecule has 0 bridgehead atoms. The first-order valence-electron chi connectivity index (χ1n) is 10.3. The molecule has 0 amide bonds. The van der Waals surface area contributed by atoms with Crippen molar-refractivity contribution in [1.29, 1.82) is 0 Å². The summed E-state index contributed by atoms with van der Waals surface area (Å²) < 4.78 is 17.4. The van der Waals surface area contributed by atoms with Gasteiger partial charge in [0.2, 0.25) is 5.79 Å². The van der Waals surface area contributed by atoms with Gasteiger partial charge in [-0.1, -0.05) is 81.5 Å². The minimum absolute atomic E-state index is 0.369. The maximum atomic E-state index is 12.7. The van der Waals surface area contributed by atoms with E-state index in [-0.39, 0.29) is 5.97 Å². The van der Waals surface area contributed by atoms with Crippen LogP contribution in [0.15, 0.2) is 48.5 Å². The molecule has 150 valence electrons. The van der Waals surface area contributed by atoms with Gasteiger partial charge in [0, 0.05) is 19.1 Å². The Kier molecular flexibility index (Phi) is 7.10. The predicted molar refractivity (Wildman–Crippen MR) is 109 cm³/mol. The van der Waals surface area contributed by atoms with Crippen LogP contribution in [-0.2, 0) is 21.9 Å². The van der Waals surface area contributed by atoms with Crippen molar-refractivity contribution in [3.05, 3.63) is 65.2 Å². The number of benzene rings is 2. The van der Waals surface area contributed by atoms with Crippen LogP contribution in [0.1, 0.15) is 73.4 Å². The molecule has 0 spiro atoms. The van der Waals surface area contributed by atoms with E-state index in [4.69, 9.17) is 14.2 Å². The van der Waals surface area contributed by atoms with E-state index in [1.54, 1.807) is 7.11 Å². The molecule has 0 aliphatic carbocycles. The van der Waals surface area contributed by atoms with Crippen molar-refractivity contribution in [2.75, 3.05) is 7.11 Å². The van der Waals surface area contributed by atoms with Crippen molar-refractivity contribution < 1.29 is 19.0 Å². The molecule has 0 N–H and O–H groups in total. The molecule has 4 heteroatoms. The van der Waals surface area contributed by atoms with Gasteiger partial charge in [-0.2, -0.15) is 0 Å². The molecule has 0 aromatic heterocycles. The number of ether oxygens (including phenoxy) is 3. The number of carbonyl (C=O) groups is 1. The Morgan fingerprint density at radius 2 is 1.68 bits per heavy atom. The summed E-state index contributed by atoms with van der Waals surface area (Å²) in [5, 5.41) is 0. The van der Waals surface area contributed by atoms with Crippen LogP contribution < -0.4 is 4.74 Å². The van der Waals surface area contributed by atoms with Crippen LogP contribution in [0.4, 0.5) is 0 Å². The van der Waals surface area contributed by atoms with Crippen molar-refractivity contribution in [2.24, 2.45) is 0 Å². The van der Waals surface area contributed by atoms with Crippen LogP contribution in [0.2, 0.25) is 0 Å². The maximum absolute atomic E-state index is 12.7. The van der Waals surface area contributed by atoms with Crippen molar-refractivity contribution in [1.82, 2.24) is 0 Å². The zero-order chi connectivity index (χ0) is 19.8. The number of rotatable bonds is 11. The van der Waals surface area contributed by atoms with E-state index in [2.05, 4.69) is 6.92 Å². The van der Waals surface area contributed by atoms with Crippen molar-refractivity contribution in [3.8, 4) is 5.75 Å². The molecule has 1 unspecified atom stereocenters. The molecule has 28 heavy (non-hydrogen) atoms. The second-order valence-electron chi connectivity index (χ2n) is 7.32. The van der Waals surface area contributed by atoms with E-state index in [0.717, 1.165) is 24.0 Å². The summed E-state index contributed by atoms with van der Waals surface area (Å²) in [6.07, 6.45) is 7.70. The predicted octanol–water partition coefficient (Wildman–Crippen LogP) is 5.99. The van der Waals surface area contributed by atoms with Crippen LogP contribution >= 0.6 is 0 Å². The van der Waals surface area contributed by atoms with Crippen molar-refractivity contribution in [2.45, 2.75) is 64.3 Å². The number of hydrogen-bond acceptors (Lipinski definition) is 4. The molecular weight excluding hydrogens is 352 g/mol. The van der Waals surface area contributed by atoms with Gasteiger partial charge in [0.1, 0.15) is 17.9 Å². The number of esters is 1. The first-order valence-corrected chi connectivity index (χ1v) is 10.3. The van der Waals surface area contributed by atoms with E-state index >= 15 is 0 Å². The molecule has 0 saturated carbocycles. The van der Waals surface area contributed by atoms with Gasteiger partial charge in [-0.05, 0) is 18.1 Å². The SMILES string of the molecule is CCCCCCCCC1(OC)OC(=O)c2c(OCc3ccccc3)cccc21. The zero-order valence-corrected chi connectivity index (χ0v) is 16.9. The first-order chi connectivity index (χ1) is 13.7. The van der Waals surface area contributed by atoms with Crippen LogP contribution in [0.3, 0.4) is 0 Å². The molecule has 2 aromatic rings. The molecule has 0 radical (unpaired) electrons. The van der Waals surface area contributed by atoms with Crippen LogP contribution in [0.25, 0.3) is 0 Å². The second kappa shape index (κ2) is 9.74. The molecule has 0 saturated heterocycles. The lowest BCUT2D eigenvalue weighted by atomic mass is 9.96. The third kappa shape index (κ3) is 4.56. The third-order valence-corrected chi connectivity index (χ3v) is 5.32. The van der Waals surface area contributed by atoms with E-state index in [0.29, 0.717) is 24.3 Å². The Labute approximate surface area is 167 Å². The second-order valence-corrected chi connectivity index (χ2v) is 7.32. The fraction of sp³-hybridized carbons (Fsp3) is 0.458. The van der Waals surface area contributed by atoms with Crippen molar-refractivity contribution >= 4 is 5.97 Å². The standard InChI is InChI=1S/C24H30O4/c1-3-4-5-6-7-11-17-24(26-2)20-15-12-16-21(22(20)23(25)28-24)27-18-19-13-9-8-10-14-19/h8-10,12-16H,3-7,11,17-18H2,1-2H3. The zero-order valence-electron chi connectivity index (χ0n) is 16.9. The smallest absolute Gasteiger partial charge is 0.345 e. The Morgan fingerprint density at radius 3 is 2.43 bits per heavy atom. The highest BCUT2D eigenvalue weighted by molar-refractivity contribution is 5.97. The monoisotopic (exact) mass is 382 g/mol. The summed E-state index contributed by atoms with van der Waals surface area (Å²) in [4.78, 5) is 12.7. The highest BCUT2D eigenvalue weighted by Gasteiger charge is 2.47. The normalized spacial score (nSPS) is 18.0. The van der Waals surface area contributed by atoms with Crippen LogP contribution in [-0.4, -0.2) is 13.1 Å². The molecule has 1 aliphatic heterocycles. The first kappa shape index (κ1) is 20.4. The summed E-state index contributed by atoms with van der Waals surface area (Å²) in [7, 11) is 1.61. The Morgan fingerprint density at radius 1 is 0.929 bits per heavy atom. The average molecular weight is 383 g/mol. The third-order valence-electron chi connectivity index (χ3n) is 5.32. The van der Waals surface area contributed by atoms with E-state index in [1.165, 1.54) is 25.7 Å². The largest absolute Gasteiger partial charge is 0.488 e. The van der Waals surface area contributed by atoms with Gasteiger partial charge in [-0.25, -0.2) is 4.79 Å². The fourth-order valence-corrected chi connectivity index (χ4v) is 3.75. The highest BCUT2D eigenvalue weighted by atomic mass is 16.7. The number of unbranched alkanes of at least 4 members (excludes halogenated alkanes) is 5. The lowest BCUT2D eigenvalue weighted by Crippen LogP contribution is -2.28. The van der Waals surface area contributed by atoms with Gasteiger partial charge in [-0.3, -0.25) is 0 Å². The Bertz CT molecular complexity index is 771. The van der Waals surface area contributed by atoms with Crippen LogP contribution in [0.5, 0.6) is 5.75 Å². The molecular formula is C24H30O4. The van der Waals surface area contributed by atoms with E-state index < -0.39 is 5.79 Å². The maximum Gasteiger partial charge on any atom is 0.345 e. The number of cyclic esters (lactones) is 1. The Hall–Kier alpha value is -2.33. The topological polar surface area (TPSA) is 44.8 Å². The minimum atomic E-state index is -0.997. The molecule has 0 fully saturated rings. The lowest BCUT2D eigenvalue weighted by molar-refractivity contribution is -0.191. The summed E-state index contributed by atoms with van der Waals surface area (Å²) >= 11 is 0. The number of methoxy groups -OCH3 is 1. The fourth-order valence-electron chi connectivity index (χ4n) is 3.75. The van der Waals surface area contributed by atoms with Gasteiger partial charge in [0.05, 0.1) is 0 Å². The molecule has 4 nitrogen and oxygen atoms in total. The average Bonchev–Trinajstić information content (AvgIpc) is 3.03. The van der Waals surface area contributed by atoms with Crippen molar-refractivity contribution in [3.63, 3.8) is 0 Å². The number of fused-ring (bicyclic) bond motifs is 1. The van der Waals surface area contributed by atoms with Gasteiger partial charge >= 0.3 is 5.97 Å². The number of hydrogen-bond donors (Lipinski definition) is 0.